The van der Waals surface area contributed by atoms with Crippen LogP contribution in [-0.4, -0.2) is 55.1 Å². The molecule has 4 rings (SSSR count). The van der Waals surface area contributed by atoms with Crippen molar-refractivity contribution in [3.63, 3.8) is 0 Å². The summed E-state index contributed by atoms with van der Waals surface area (Å²) in [6.45, 7) is 9.48. The van der Waals surface area contributed by atoms with E-state index in [1.165, 1.54) is 16.1 Å². The molecule has 0 amide bonds. The molecule has 1 N–H and O–H groups in total. The first-order chi connectivity index (χ1) is 15.0. The first kappa shape index (κ1) is 24.3. The second-order valence-electron chi connectivity index (χ2n) is 9.82. The predicted molar refractivity (Wildman–Crippen MR) is 128 cm³/mol. The standard InChI is InChI=1S/C23H33ClN2O4S2/c1-5-26(6-2)32(28,29)15-22-12-11-16(21(22,3)4)13-19(22)30-20(27)23(14-25-23)31-18-9-7-17(24)8-10-18/h7-10,16,19,25H,5-6,11-15H2,1-4H3/t16-,19-,22+,23-/m1/s1. The molecule has 0 aromatic heterocycles. The quantitative estimate of drug-likeness (QED) is 0.405. The van der Waals surface area contributed by atoms with Gasteiger partial charge in [-0.2, -0.15) is 0 Å². The Balaban J connectivity index is 1.55. The summed E-state index contributed by atoms with van der Waals surface area (Å²) < 4.78 is 34.3. The molecule has 1 aromatic carbocycles. The number of ether oxygens (including phenoxy) is 1. The van der Waals surface area contributed by atoms with E-state index in [4.69, 9.17) is 16.3 Å². The molecule has 4 atom stereocenters. The number of halogens is 1. The smallest absolute Gasteiger partial charge is 0.338 e. The molecule has 0 spiro atoms. The van der Waals surface area contributed by atoms with Gasteiger partial charge < -0.3 is 4.74 Å². The van der Waals surface area contributed by atoms with Gasteiger partial charge in [0.1, 0.15) is 6.10 Å². The Morgan fingerprint density at radius 1 is 1.25 bits per heavy atom. The molecule has 178 valence electrons. The summed E-state index contributed by atoms with van der Waals surface area (Å²) in [7, 11) is -3.45. The summed E-state index contributed by atoms with van der Waals surface area (Å²) in [5.41, 5.74) is -0.762. The Hall–Kier alpha value is -0.800. The molecular weight excluding hydrogens is 468 g/mol. The molecule has 0 radical (unpaired) electrons. The molecule has 2 saturated carbocycles. The van der Waals surface area contributed by atoms with Crippen LogP contribution in [0.4, 0.5) is 0 Å². The fourth-order valence-electron chi connectivity index (χ4n) is 5.81. The fraction of sp³-hybridized carbons (Fsp3) is 0.696. The molecule has 6 nitrogen and oxygen atoms in total. The Morgan fingerprint density at radius 3 is 2.41 bits per heavy atom. The number of rotatable bonds is 9. The van der Waals surface area contributed by atoms with Gasteiger partial charge in [-0.25, -0.2) is 17.5 Å². The first-order valence-electron chi connectivity index (χ1n) is 11.4. The minimum absolute atomic E-state index is 0.0356. The lowest BCUT2D eigenvalue weighted by atomic mass is 9.69. The summed E-state index contributed by atoms with van der Waals surface area (Å²) >= 11 is 7.41. The normalized spacial score (nSPS) is 32.9. The van der Waals surface area contributed by atoms with Crippen molar-refractivity contribution in [3.8, 4) is 0 Å². The van der Waals surface area contributed by atoms with Crippen LogP contribution in [0.15, 0.2) is 29.2 Å². The monoisotopic (exact) mass is 500 g/mol. The third-order valence-corrected chi connectivity index (χ3v) is 11.8. The number of sulfonamides is 1. The molecule has 32 heavy (non-hydrogen) atoms. The lowest BCUT2D eigenvalue weighted by Gasteiger charge is -2.42. The number of hydrogen-bond acceptors (Lipinski definition) is 6. The molecular formula is C23H33ClN2O4S2. The molecule has 1 saturated heterocycles. The zero-order valence-electron chi connectivity index (χ0n) is 19.2. The van der Waals surface area contributed by atoms with Crippen LogP contribution in [0.5, 0.6) is 0 Å². The maximum Gasteiger partial charge on any atom is 0.338 e. The van der Waals surface area contributed by atoms with E-state index >= 15 is 0 Å². The lowest BCUT2D eigenvalue weighted by molar-refractivity contribution is -0.157. The largest absolute Gasteiger partial charge is 0.460 e. The first-order valence-corrected chi connectivity index (χ1v) is 14.2. The Morgan fingerprint density at radius 2 is 1.88 bits per heavy atom. The van der Waals surface area contributed by atoms with E-state index < -0.39 is 20.3 Å². The lowest BCUT2D eigenvalue weighted by Crippen LogP contribution is -2.50. The SMILES string of the molecule is CCN(CC)S(=O)(=O)C[C@@]12CC[C@H](C[C@H]1OC(=O)[C@]1(Sc3ccc(Cl)cc3)CN1)C2(C)C. The molecule has 1 aromatic rings. The molecule has 2 aliphatic carbocycles. The number of thioether (sulfide) groups is 1. The van der Waals surface area contributed by atoms with Crippen molar-refractivity contribution in [1.29, 1.82) is 0 Å². The number of benzene rings is 1. The number of hydrogen-bond donors (Lipinski definition) is 1. The van der Waals surface area contributed by atoms with Crippen LogP contribution in [0.25, 0.3) is 0 Å². The average molecular weight is 501 g/mol. The number of nitrogens with one attached hydrogen (secondary N) is 1. The van der Waals surface area contributed by atoms with Crippen LogP contribution in [0.3, 0.4) is 0 Å². The van der Waals surface area contributed by atoms with Crippen LogP contribution in [0.2, 0.25) is 5.02 Å². The van der Waals surface area contributed by atoms with Crippen molar-refractivity contribution in [2.45, 2.75) is 62.8 Å². The van der Waals surface area contributed by atoms with Gasteiger partial charge in [0.05, 0.1) is 5.75 Å². The van der Waals surface area contributed by atoms with Crippen LogP contribution >= 0.6 is 23.4 Å². The highest BCUT2D eigenvalue weighted by molar-refractivity contribution is 8.01. The number of carbonyl (C=O) groups excluding carboxylic acids is 1. The van der Waals surface area contributed by atoms with Crippen molar-refractivity contribution >= 4 is 39.4 Å². The van der Waals surface area contributed by atoms with Crippen molar-refractivity contribution in [2.75, 3.05) is 25.4 Å². The van der Waals surface area contributed by atoms with E-state index in [1.807, 2.05) is 26.0 Å². The third kappa shape index (κ3) is 4.00. The van der Waals surface area contributed by atoms with Gasteiger partial charge in [-0.15, -0.1) is 0 Å². The van der Waals surface area contributed by atoms with Gasteiger partial charge in [0.15, 0.2) is 4.87 Å². The molecule has 1 heterocycles. The number of fused-ring (bicyclic) bond motifs is 2. The summed E-state index contributed by atoms with van der Waals surface area (Å²) in [6, 6.07) is 7.38. The fourth-order valence-corrected chi connectivity index (χ4v) is 9.28. The van der Waals surface area contributed by atoms with Gasteiger partial charge in [-0.1, -0.05) is 51.1 Å². The molecule has 1 aliphatic heterocycles. The molecule has 2 bridgehead atoms. The zero-order chi connectivity index (χ0) is 23.4. The van der Waals surface area contributed by atoms with Gasteiger partial charge >= 0.3 is 5.97 Å². The molecule has 3 fully saturated rings. The Bertz CT molecular complexity index is 974. The molecule has 9 heteroatoms. The zero-order valence-corrected chi connectivity index (χ0v) is 21.6. The van der Waals surface area contributed by atoms with Gasteiger partial charge in [0.2, 0.25) is 10.0 Å². The van der Waals surface area contributed by atoms with Crippen molar-refractivity contribution in [1.82, 2.24) is 9.62 Å². The summed E-state index contributed by atoms with van der Waals surface area (Å²) in [4.78, 5) is 13.4. The third-order valence-electron chi connectivity index (χ3n) is 8.08. The highest BCUT2D eigenvalue weighted by Crippen LogP contribution is 2.67. The van der Waals surface area contributed by atoms with Gasteiger partial charge in [0.25, 0.3) is 0 Å². The van der Waals surface area contributed by atoms with Crippen LogP contribution < -0.4 is 5.32 Å². The summed E-state index contributed by atoms with van der Waals surface area (Å²) in [5.74, 6) is 0.0955. The maximum atomic E-state index is 13.3. The Kier molecular flexibility index (Phi) is 6.42. The minimum Gasteiger partial charge on any atom is -0.460 e. The number of nitrogens with zero attached hydrogens (tertiary/aromatic N) is 1. The topological polar surface area (TPSA) is 85.6 Å². The predicted octanol–water partition coefficient (Wildman–Crippen LogP) is 4.14. The summed E-state index contributed by atoms with van der Waals surface area (Å²) in [6.07, 6.45) is 2.10. The average Bonchev–Trinajstić information content (AvgIpc) is 3.43. The second kappa shape index (κ2) is 8.45. The molecule has 0 unspecified atom stereocenters. The van der Waals surface area contributed by atoms with E-state index in [0.29, 0.717) is 30.6 Å². The van der Waals surface area contributed by atoms with Crippen molar-refractivity contribution < 1.29 is 17.9 Å². The van der Waals surface area contributed by atoms with Crippen molar-refractivity contribution in [2.24, 2.45) is 16.7 Å². The van der Waals surface area contributed by atoms with E-state index in [0.717, 1.165) is 24.2 Å². The van der Waals surface area contributed by atoms with Gasteiger partial charge in [-0.3, -0.25) is 5.32 Å². The highest BCUT2D eigenvalue weighted by atomic mass is 35.5. The van der Waals surface area contributed by atoms with Crippen molar-refractivity contribution in [3.05, 3.63) is 29.3 Å². The van der Waals surface area contributed by atoms with E-state index in [2.05, 4.69) is 19.2 Å². The van der Waals surface area contributed by atoms with E-state index in [-0.39, 0.29) is 23.2 Å². The molecule has 3 aliphatic rings. The van der Waals surface area contributed by atoms with E-state index in [9.17, 15) is 13.2 Å². The van der Waals surface area contributed by atoms with Gasteiger partial charge in [-0.05, 0) is 54.9 Å². The van der Waals surface area contributed by atoms with Crippen LogP contribution in [0.1, 0.15) is 47.0 Å². The summed E-state index contributed by atoms with van der Waals surface area (Å²) in [5, 5.41) is 3.82. The minimum atomic E-state index is -3.45. The van der Waals surface area contributed by atoms with Crippen LogP contribution in [0, 0.1) is 16.7 Å². The highest BCUT2D eigenvalue weighted by Gasteiger charge is 2.68. The van der Waals surface area contributed by atoms with Gasteiger partial charge in [0, 0.05) is 35.0 Å². The van der Waals surface area contributed by atoms with E-state index in [1.54, 1.807) is 12.1 Å². The maximum absolute atomic E-state index is 13.3. The number of carbonyl (C=O) groups is 1. The van der Waals surface area contributed by atoms with Crippen LogP contribution in [-0.2, 0) is 19.6 Å². The number of esters is 1. The Labute approximate surface area is 200 Å². The second-order valence-corrected chi connectivity index (χ2v) is 13.6.